The van der Waals surface area contributed by atoms with Crippen LogP contribution in [0.15, 0.2) is 48.5 Å². The molecule has 5 nitrogen and oxygen atoms in total. The average Bonchev–Trinajstić information content (AvgIpc) is 2.60. The topological polar surface area (TPSA) is 79.2 Å². The number of benzene rings is 2. The second-order valence-corrected chi connectivity index (χ2v) is 5.25. The van der Waals surface area contributed by atoms with Gasteiger partial charge >= 0.3 is 5.97 Å². The molecule has 0 aliphatic rings. The van der Waals surface area contributed by atoms with Crippen LogP contribution in [-0.4, -0.2) is 18.4 Å². The second kappa shape index (κ2) is 8.49. The van der Waals surface area contributed by atoms with Gasteiger partial charge in [0.2, 0.25) is 0 Å². The molecule has 1 N–H and O–H groups in total. The van der Waals surface area contributed by atoms with Crippen molar-refractivity contribution >= 4 is 11.9 Å². The molecular formula is C19H18N2O3. The third kappa shape index (κ3) is 4.68. The quantitative estimate of drug-likeness (QED) is 0.829. The van der Waals surface area contributed by atoms with Gasteiger partial charge < -0.3 is 10.1 Å². The van der Waals surface area contributed by atoms with Crippen LogP contribution in [0, 0.1) is 18.3 Å². The van der Waals surface area contributed by atoms with E-state index < -0.39 is 5.97 Å². The van der Waals surface area contributed by atoms with Crippen LogP contribution in [0.5, 0.6) is 0 Å². The maximum atomic E-state index is 12.0. The van der Waals surface area contributed by atoms with Gasteiger partial charge in [-0.05, 0) is 24.6 Å². The number of nitrogens with one attached hydrogen (secondary N) is 1. The minimum absolute atomic E-state index is 0.0499. The molecule has 0 atom stereocenters. The summed E-state index contributed by atoms with van der Waals surface area (Å²) in [6, 6.07) is 16.3. The molecule has 0 saturated heterocycles. The summed E-state index contributed by atoms with van der Waals surface area (Å²) in [7, 11) is 0. The highest BCUT2D eigenvalue weighted by atomic mass is 16.5. The molecule has 5 heteroatoms. The molecule has 0 radical (unpaired) electrons. The van der Waals surface area contributed by atoms with E-state index in [4.69, 9.17) is 10.00 Å². The summed E-state index contributed by atoms with van der Waals surface area (Å²) < 4.78 is 5.14. The van der Waals surface area contributed by atoms with Crippen molar-refractivity contribution < 1.29 is 14.3 Å². The van der Waals surface area contributed by atoms with Crippen LogP contribution in [0.4, 0.5) is 0 Å². The fourth-order valence-electron chi connectivity index (χ4n) is 2.19. The zero-order valence-corrected chi connectivity index (χ0v) is 13.4. The van der Waals surface area contributed by atoms with Crippen molar-refractivity contribution in [2.24, 2.45) is 0 Å². The largest absolute Gasteiger partial charge is 0.461 e. The number of aryl methyl sites for hydroxylation is 1. The van der Waals surface area contributed by atoms with E-state index in [0.29, 0.717) is 16.7 Å². The lowest BCUT2D eigenvalue weighted by molar-refractivity contribution is -0.144. The van der Waals surface area contributed by atoms with Gasteiger partial charge in [0.05, 0.1) is 18.1 Å². The first-order chi connectivity index (χ1) is 11.6. The summed E-state index contributed by atoms with van der Waals surface area (Å²) in [6.45, 7) is 2.11. The molecule has 24 heavy (non-hydrogen) atoms. The third-order valence-electron chi connectivity index (χ3n) is 3.53. The second-order valence-electron chi connectivity index (χ2n) is 5.25. The van der Waals surface area contributed by atoms with Crippen LogP contribution < -0.4 is 5.32 Å². The van der Waals surface area contributed by atoms with E-state index in [0.717, 1.165) is 5.56 Å². The van der Waals surface area contributed by atoms with Crippen molar-refractivity contribution in [1.82, 2.24) is 5.32 Å². The Balaban J connectivity index is 1.77. The molecule has 0 saturated carbocycles. The molecule has 2 aromatic rings. The molecule has 0 aromatic heterocycles. The molecule has 2 rings (SSSR count). The summed E-state index contributed by atoms with van der Waals surface area (Å²) in [5.41, 5.74) is 2.62. The van der Waals surface area contributed by atoms with Gasteiger partial charge in [0.25, 0.3) is 5.91 Å². The molecule has 0 aliphatic carbocycles. The van der Waals surface area contributed by atoms with Gasteiger partial charge in [-0.15, -0.1) is 0 Å². The first-order valence-electron chi connectivity index (χ1n) is 7.59. The lowest BCUT2D eigenvalue weighted by atomic mass is 10.1. The van der Waals surface area contributed by atoms with Gasteiger partial charge in [-0.3, -0.25) is 9.59 Å². The molecule has 122 valence electrons. The van der Waals surface area contributed by atoms with Gasteiger partial charge in [0, 0.05) is 17.7 Å². The Morgan fingerprint density at radius 3 is 2.58 bits per heavy atom. The number of nitrogens with zero attached hydrogens (tertiary/aromatic N) is 1. The SMILES string of the molecule is Cc1ccccc1C(=O)NCCC(=O)OCc1ccccc1C#N. The summed E-state index contributed by atoms with van der Waals surface area (Å²) >= 11 is 0. The highest BCUT2D eigenvalue weighted by molar-refractivity contribution is 5.95. The highest BCUT2D eigenvalue weighted by Crippen LogP contribution is 2.09. The Morgan fingerprint density at radius 1 is 1.12 bits per heavy atom. The minimum Gasteiger partial charge on any atom is -0.461 e. The Hall–Kier alpha value is -3.13. The first-order valence-corrected chi connectivity index (χ1v) is 7.59. The number of amides is 1. The molecule has 2 aromatic carbocycles. The molecule has 0 unspecified atom stereocenters. The maximum absolute atomic E-state index is 12.0. The Bertz CT molecular complexity index is 778. The number of rotatable bonds is 6. The summed E-state index contributed by atoms with van der Waals surface area (Å²) in [6.07, 6.45) is 0.0757. The number of esters is 1. The number of hydrogen-bond acceptors (Lipinski definition) is 4. The standard InChI is InChI=1S/C19H18N2O3/c1-14-6-2-5-9-17(14)19(23)21-11-10-18(22)24-13-16-8-4-3-7-15(16)12-20/h2-9H,10-11,13H2,1H3,(H,21,23). The number of ether oxygens (including phenoxy) is 1. The molecule has 1 amide bonds. The smallest absolute Gasteiger partial charge is 0.307 e. The van der Waals surface area contributed by atoms with Gasteiger partial charge in [0.1, 0.15) is 6.61 Å². The predicted octanol–water partition coefficient (Wildman–Crippen LogP) is 2.73. The summed E-state index contributed by atoms with van der Waals surface area (Å²) in [5.74, 6) is -0.636. The summed E-state index contributed by atoms with van der Waals surface area (Å²) in [4.78, 5) is 23.8. The monoisotopic (exact) mass is 322 g/mol. The van der Waals surface area contributed by atoms with Crippen molar-refractivity contribution in [3.8, 4) is 6.07 Å². The van der Waals surface area contributed by atoms with E-state index in [-0.39, 0.29) is 25.5 Å². The maximum Gasteiger partial charge on any atom is 0.307 e. The van der Waals surface area contributed by atoms with E-state index in [1.54, 1.807) is 36.4 Å². The van der Waals surface area contributed by atoms with Crippen LogP contribution in [0.1, 0.15) is 33.5 Å². The van der Waals surface area contributed by atoms with Crippen LogP contribution in [-0.2, 0) is 16.1 Å². The zero-order valence-electron chi connectivity index (χ0n) is 13.4. The van der Waals surface area contributed by atoms with Gasteiger partial charge in [-0.2, -0.15) is 5.26 Å². The fourth-order valence-corrected chi connectivity index (χ4v) is 2.19. The average molecular weight is 322 g/mol. The van der Waals surface area contributed by atoms with Crippen molar-refractivity contribution in [2.45, 2.75) is 20.0 Å². The van der Waals surface area contributed by atoms with Crippen LogP contribution in [0.25, 0.3) is 0 Å². The summed E-state index contributed by atoms with van der Waals surface area (Å²) in [5, 5.41) is 11.7. The molecule has 0 heterocycles. The fraction of sp³-hybridized carbons (Fsp3) is 0.211. The Morgan fingerprint density at radius 2 is 1.83 bits per heavy atom. The van der Waals surface area contributed by atoms with E-state index in [1.807, 2.05) is 19.1 Å². The molecule has 0 spiro atoms. The lowest BCUT2D eigenvalue weighted by Gasteiger charge is -2.08. The van der Waals surface area contributed by atoms with Crippen molar-refractivity contribution in [3.05, 3.63) is 70.8 Å². The highest BCUT2D eigenvalue weighted by Gasteiger charge is 2.10. The molecule has 0 fully saturated rings. The number of hydrogen-bond donors (Lipinski definition) is 1. The zero-order chi connectivity index (χ0) is 17.4. The van der Waals surface area contributed by atoms with Gasteiger partial charge in [-0.25, -0.2) is 0 Å². The minimum atomic E-state index is -0.423. The normalized spacial score (nSPS) is 9.83. The van der Waals surface area contributed by atoms with E-state index >= 15 is 0 Å². The van der Waals surface area contributed by atoms with E-state index in [1.165, 1.54) is 0 Å². The third-order valence-corrected chi connectivity index (χ3v) is 3.53. The van der Waals surface area contributed by atoms with Gasteiger partial charge in [0.15, 0.2) is 0 Å². The Kier molecular flexibility index (Phi) is 6.09. The predicted molar refractivity (Wildman–Crippen MR) is 89.1 cm³/mol. The van der Waals surface area contributed by atoms with Crippen LogP contribution in [0.3, 0.4) is 0 Å². The first kappa shape index (κ1) is 17.2. The number of carbonyl (C=O) groups excluding carboxylic acids is 2. The lowest BCUT2D eigenvalue weighted by Crippen LogP contribution is -2.27. The Labute approximate surface area is 140 Å². The number of carbonyl (C=O) groups is 2. The van der Waals surface area contributed by atoms with Crippen molar-refractivity contribution in [3.63, 3.8) is 0 Å². The van der Waals surface area contributed by atoms with Gasteiger partial charge in [-0.1, -0.05) is 36.4 Å². The van der Waals surface area contributed by atoms with E-state index in [2.05, 4.69) is 11.4 Å². The van der Waals surface area contributed by atoms with E-state index in [9.17, 15) is 9.59 Å². The molecule has 0 bridgehead atoms. The number of nitriles is 1. The van der Waals surface area contributed by atoms with Crippen LogP contribution in [0.2, 0.25) is 0 Å². The molecule has 0 aliphatic heterocycles. The molecular weight excluding hydrogens is 304 g/mol. The van der Waals surface area contributed by atoms with Crippen molar-refractivity contribution in [1.29, 1.82) is 5.26 Å². The van der Waals surface area contributed by atoms with Crippen LogP contribution >= 0.6 is 0 Å². The van der Waals surface area contributed by atoms with Crippen molar-refractivity contribution in [2.75, 3.05) is 6.54 Å².